The summed E-state index contributed by atoms with van der Waals surface area (Å²) in [5, 5.41) is 13.2. The number of carboxylic acid groups (broad SMARTS) is 1. The average molecular weight is 406 g/mol. The predicted molar refractivity (Wildman–Crippen MR) is 111 cm³/mol. The Hall–Kier alpha value is -2.21. The Kier molecular flexibility index (Phi) is 6.61. The van der Waals surface area contributed by atoms with Crippen LogP contribution in [0, 0.1) is 0 Å². The zero-order chi connectivity index (χ0) is 19.2. The fourth-order valence-corrected chi connectivity index (χ4v) is 3.78. The van der Waals surface area contributed by atoms with Gasteiger partial charge in [0.05, 0.1) is 0 Å². The normalized spacial score (nSPS) is 13.6. The number of H-pyrrole nitrogens is 1. The van der Waals surface area contributed by atoms with E-state index in [0.717, 1.165) is 48.3 Å². The third kappa shape index (κ3) is 4.95. The number of anilines is 1. The lowest BCUT2D eigenvalue weighted by molar-refractivity contribution is -0.122. The third-order valence-corrected chi connectivity index (χ3v) is 5.07. The van der Waals surface area contributed by atoms with Crippen molar-refractivity contribution in [2.24, 2.45) is 0 Å². The van der Waals surface area contributed by atoms with Crippen LogP contribution >= 0.6 is 23.2 Å². The van der Waals surface area contributed by atoms with Gasteiger partial charge >= 0.3 is 0 Å². The molecule has 0 saturated heterocycles. The number of nitrogens with one attached hydrogen (secondary N) is 2. The zero-order valence-corrected chi connectivity index (χ0v) is 16.2. The van der Waals surface area contributed by atoms with Gasteiger partial charge < -0.3 is 15.4 Å². The molecule has 27 heavy (non-hydrogen) atoms. The molecule has 0 saturated carbocycles. The number of rotatable bonds is 4. The highest BCUT2D eigenvalue weighted by Crippen LogP contribution is 2.29. The van der Waals surface area contributed by atoms with E-state index in [1.807, 2.05) is 30.3 Å². The van der Waals surface area contributed by atoms with Crippen molar-refractivity contribution in [1.82, 2.24) is 9.88 Å². The van der Waals surface area contributed by atoms with Crippen molar-refractivity contribution in [3.63, 3.8) is 0 Å². The summed E-state index contributed by atoms with van der Waals surface area (Å²) >= 11 is 12.2. The molecular formula is C20H21Cl2N3O2. The second kappa shape index (κ2) is 9.13. The summed E-state index contributed by atoms with van der Waals surface area (Å²) in [6.45, 7) is 3.69. The van der Waals surface area contributed by atoms with Crippen molar-refractivity contribution in [2.75, 3.05) is 25.0 Å². The molecule has 0 radical (unpaired) electrons. The molecule has 0 bridgehead atoms. The number of aromatic nitrogens is 1. The van der Waals surface area contributed by atoms with Gasteiger partial charge in [-0.05, 0) is 48.4 Å². The molecule has 0 atom stereocenters. The molecule has 7 heteroatoms. The number of hydrogen-bond acceptors (Lipinski definition) is 3. The molecule has 0 fully saturated rings. The topological polar surface area (TPSA) is 68.4 Å². The Labute approximate surface area is 167 Å². The quantitative estimate of drug-likeness (QED) is 0.552. The Morgan fingerprint density at radius 1 is 1.19 bits per heavy atom. The van der Waals surface area contributed by atoms with E-state index in [4.69, 9.17) is 33.1 Å². The lowest BCUT2D eigenvalue weighted by atomic mass is 10.0. The molecule has 4 rings (SSSR count). The first-order valence-electron chi connectivity index (χ1n) is 8.69. The molecule has 1 aromatic heterocycles. The van der Waals surface area contributed by atoms with Gasteiger partial charge in [-0.3, -0.25) is 9.69 Å². The minimum Gasteiger partial charge on any atom is -0.483 e. The summed E-state index contributed by atoms with van der Waals surface area (Å²) in [6, 6.07) is 13.9. The minimum absolute atomic E-state index is 0.250. The average Bonchev–Trinajstić information content (AvgIpc) is 2.99. The molecule has 142 valence electrons. The SMILES string of the molecule is Clc1cccc(NCCN2CCc3c([nH]c4ccc(Cl)cc34)C2)c1.O=CO. The van der Waals surface area contributed by atoms with Gasteiger partial charge in [0, 0.05) is 58.5 Å². The number of hydrogen-bond donors (Lipinski definition) is 3. The van der Waals surface area contributed by atoms with Crippen LogP contribution in [0.25, 0.3) is 10.9 Å². The monoisotopic (exact) mass is 405 g/mol. The lowest BCUT2D eigenvalue weighted by Gasteiger charge is -2.27. The number of fused-ring (bicyclic) bond motifs is 3. The van der Waals surface area contributed by atoms with E-state index >= 15 is 0 Å². The maximum absolute atomic E-state index is 8.36. The summed E-state index contributed by atoms with van der Waals surface area (Å²) < 4.78 is 0. The van der Waals surface area contributed by atoms with E-state index in [2.05, 4.69) is 27.3 Å². The minimum atomic E-state index is -0.250. The fraction of sp³-hybridized carbons (Fsp3) is 0.250. The molecule has 3 N–H and O–H groups in total. The molecule has 5 nitrogen and oxygen atoms in total. The van der Waals surface area contributed by atoms with Crippen LogP contribution in [0.3, 0.4) is 0 Å². The first-order valence-corrected chi connectivity index (χ1v) is 9.45. The van der Waals surface area contributed by atoms with E-state index in [-0.39, 0.29) is 6.47 Å². The van der Waals surface area contributed by atoms with Gasteiger partial charge in [-0.25, -0.2) is 0 Å². The first kappa shape index (κ1) is 19.5. The Morgan fingerprint density at radius 2 is 1.96 bits per heavy atom. The van der Waals surface area contributed by atoms with Crippen LogP contribution in [0.4, 0.5) is 5.69 Å². The van der Waals surface area contributed by atoms with Crippen molar-refractivity contribution in [3.05, 3.63) is 63.8 Å². The molecule has 2 heterocycles. The van der Waals surface area contributed by atoms with Crippen LogP contribution in [0.1, 0.15) is 11.3 Å². The van der Waals surface area contributed by atoms with E-state index in [1.165, 1.54) is 22.2 Å². The van der Waals surface area contributed by atoms with Crippen LogP contribution in [-0.2, 0) is 17.8 Å². The Bertz CT molecular complexity index is 927. The maximum atomic E-state index is 8.36. The molecule has 3 aromatic rings. The highest BCUT2D eigenvalue weighted by Gasteiger charge is 2.20. The molecule has 1 aliphatic rings. The van der Waals surface area contributed by atoms with Crippen LogP contribution < -0.4 is 5.32 Å². The number of benzene rings is 2. The van der Waals surface area contributed by atoms with Gasteiger partial charge in [0.25, 0.3) is 6.47 Å². The highest BCUT2D eigenvalue weighted by atomic mass is 35.5. The van der Waals surface area contributed by atoms with Crippen molar-refractivity contribution in [2.45, 2.75) is 13.0 Å². The van der Waals surface area contributed by atoms with Crippen molar-refractivity contribution < 1.29 is 9.90 Å². The number of carbonyl (C=O) groups is 1. The van der Waals surface area contributed by atoms with Gasteiger partial charge in [-0.2, -0.15) is 0 Å². The second-order valence-electron chi connectivity index (χ2n) is 6.34. The van der Waals surface area contributed by atoms with Gasteiger partial charge in [0.15, 0.2) is 0 Å². The van der Waals surface area contributed by atoms with Crippen LogP contribution in [0.5, 0.6) is 0 Å². The molecule has 0 aliphatic carbocycles. The van der Waals surface area contributed by atoms with E-state index in [0.29, 0.717) is 0 Å². The summed E-state index contributed by atoms with van der Waals surface area (Å²) in [6.07, 6.45) is 1.06. The Balaban J connectivity index is 0.000000659. The molecule has 0 unspecified atom stereocenters. The third-order valence-electron chi connectivity index (χ3n) is 4.60. The molecule has 0 amide bonds. The Morgan fingerprint density at radius 3 is 2.74 bits per heavy atom. The molecular weight excluding hydrogens is 385 g/mol. The van der Waals surface area contributed by atoms with Gasteiger partial charge in [-0.15, -0.1) is 0 Å². The van der Waals surface area contributed by atoms with E-state index in [1.54, 1.807) is 0 Å². The summed E-state index contributed by atoms with van der Waals surface area (Å²) in [7, 11) is 0. The van der Waals surface area contributed by atoms with Gasteiger partial charge in [-0.1, -0.05) is 29.3 Å². The molecule has 0 spiro atoms. The largest absolute Gasteiger partial charge is 0.483 e. The highest BCUT2D eigenvalue weighted by molar-refractivity contribution is 6.31. The van der Waals surface area contributed by atoms with Crippen molar-refractivity contribution >= 4 is 46.3 Å². The van der Waals surface area contributed by atoms with Crippen molar-refractivity contribution in [3.8, 4) is 0 Å². The predicted octanol–water partition coefficient (Wildman–Crippen LogP) is 4.65. The number of nitrogens with zero attached hydrogens (tertiary/aromatic N) is 1. The second-order valence-corrected chi connectivity index (χ2v) is 7.21. The number of halogens is 2. The summed E-state index contributed by atoms with van der Waals surface area (Å²) in [5.41, 5.74) is 5.00. The summed E-state index contributed by atoms with van der Waals surface area (Å²) in [4.78, 5) is 14.4. The lowest BCUT2D eigenvalue weighted by Crippen LogP contribution is -2.34. The van der Waals surface area contributed by atoms with Crippen molar-refractivity contribution in [1.29, 1.82) is 0 Å². The van der Waals surface area contributed by atoms with Crippen LogP contribution in [0.15, 0.2) is 42.5 Å². The summed E-state index contributed by atoms with van der Waals surface area (Å²) in [5.74, 6) is 0. The maximum Gasteiger partial charge on any atom is 0.290 e. The number of aromatic amines is 1. The van der Waals surface area contributed by atoms with E-state index < -0.39 is 0 Å². The van der Waals surface area contributed by atoms with Crippen LogP contribution in [-0.4, -0.2) is 41.1 Å². The standard InChI is InChI=1S/C19H19Cl2N3.CH2O2/c20-13-2-1-3-15(10-13)22-7-9-24-8-6-16-17-11-14(21)4-5-18(17)23-19(16)12-24;2-1-3/h1-5,10-11,22-23H,6-9,12H2;1H,(H,2,3). The fourth-order valence-electron chi connectivity index (χ4n) is 3.42. The van der Waals surface area contributed by atoms with Gasteiger partial charge in [0.2, 0.25) is 0 Å². The first-order chi connectivity index (χ1) is 13.1. The zero-order valence-electron chi connectivity index (χ0n) is 14.7. The molecule has 2 aromatic carbocycles. The molecule has 1 aliphatic heterocycles. The van der Waals surface area contributed by atoms with Crippen LogP contribution in [0.2, 0.25) is 10.0 Å². The smallest absolute Gasteiger partial charge is 0.290 e. The van der Waals surface area contributed by atoms with Gasteiger partial charge in [0.1, 0.15) is 0 Å². The van der Waals surface area contributed by atoms with E-state index in [9.17, 15) is 0 Å².